The lowest BCUT2D eigenvalue weighted by Gasteiger charge is -2.19. The van der Waals surface area contributed by atoms with E-state index in [0.29, 0.717) is 35.7 Å². The number of para-hydroxylation sites is 2. The number of amides is 2. The third-order valence-corrected chi connectivity index (χ3v) is 7.15. The van der Waals surface area contributed by atoms with E-state index in [2.05, 4.69) is 16.0 Å². The van der Waals surface area contributed by atoms with Crippen molar-refractivity contribution in [3.05, 3.63) is 84.4 Å². The maximum atomic E-state index is 12.7. The van der Waals surface area contributed by atoms with Gasteiger partial charge in [-0.2, -0.15) is 4.31 Å². The van der Waals surface area contributed by atoms with Crippen LogP contribution in [0, 0.1) is 0 Å². The molecule has 3 aromatic rings. The van der Waals surface area contributed by atoms with Crippen LogP contribution in [0.1, 0.15) is 24.2 Å². The monoisotopic (exact) mass is 480 g/mol. The number of anilines is 3. The second kappa shape index (κ2) is 11.4. The quantitative estimate of drug-likeness (QED) is 0.406. The number of nitrogens with zero attached hydrogens (tertiary/aromatic N) is 1. The highest BCUT2D eigenvalue weighted by molar-refractivity contribution is 7.89. The molecule has 0 atom stereocenters. The van der Waals surface area contributed by atoms with E-state index in [1.807, 2.05) is 18.2 Å². The number of hydrogen-bond donors (Lipinski definition) is 3. The molecule has 0 radical (unpaired) electrons. The van der Waals surface area contributed by atoms with E-state index in [-0.39, 0.29) is 23.3 Å². The Balaban J connectivity index is 1.66. The summed E-state index contributed by atoms with van der Waals surface area (Å²) in [6.45, 7) is 4.16. The molecule has 0 saturated heterocycles. The molecule has 2 amide bonds. The average molecular weight is 481 g/mol. The van der Waals surface area contributed by atoms with E-state index in [9.17, 15) is 18.0 Å². The van der Waals surface area contributed by atoms with Crippen molar-refractivity contribution in [1.29, 1.82) is 0 Å². The van der Waals surface area contributed by atoms with E-state index in [1.54, 1.807) is 62.4 Å². The lowest BCUT2D eigenvalue weighted by atomic mass is 10.1. The summed E-state index contributed by atoms with van der Waals surface area (Å²) >= 11 is 0. The molecule has 34 heavy (non-hydrogen) atoms. The standard InChI is InChI=1S/C25H28N4O4S/c1-3-29(4-2)34(32,33)21-14-10-13-20(17-21)27-24(30)18-26-23-16-9-8-15-22(23)25(31)28-19-11-6-5-7-12-19/h5-17,26H,3-4,18H2,1-2H3,(H,27,30)(H,28,31). The van der Waals surface area contributed by atoms with E-state index in [4.69, 9.17) is 0 Å². The highest BCUT2D eigenvalue weighted by Gasteiger charge is 2.22. The van der Waals surface area contributed by atoms with Gasteiger partial charge in [0.15, 0.2) is 0 Å². The van der Waals surface area contributed by atoms with Crippen LogP contribution in [0.5, 0.6) is 0 Å². The van der Waals surface area contributed by atoms with Crippen LogP contribution in [0.25, 0.3) is 0 Å². The number of carbonyl (C=O) groups excluding carboxylic acids is 2. The Hall–Kier alpha value is -3.69. The van der Waals surface area contributed by atoms with Crippen LogP contribution in [0.4, 0.5) is 17.1 Å². The zero-order chi connectivity index (χ0) is 24.6. The molecule has 178 valence electrons. The summed E-state index contributed by atoms with van der Waals surface area (Å²) in [5.41, 5.74) is 1.94. The van der Waals surface area contributed by atoms with Crippen LogP contribution in [0.3, 0.4) is 0 Å². The Morgan fingerprint density at radius 1 is 0.794 bits per heavy atom. The van der Waals surface area contributed by atoms with Crippen molar-refractivity contribution in [2.75, 3.05) is 35.6 Å². The van der Waals surface area contributed by atoms with Gasteiger partial charge in [0, 0.05) is 30.2 Å². The van der Waals surface area contributed by atoms with Gasteiger partial charge in [0.1, 0.15) is 0 Å². The number of benzene rings is 3. The number of nitrogens with one attached hydrogen (secondary N) is 3. The molecule has 0 aliphatic carbocycles. The van der Waals surface area contributed by atoms with Gasteiger partial charge in [-0.15, -0.1) is 0 Å². The van der Waals surface area contributed by atoms with Gasteiger partial charge in [0.2, 0.25) is 15.9 Å². The van der Waals surface area contributed by atoms with Crippen molar-refractivity contribution >= 4 is 38.9 Å². The van der Waals surface area contributed by atoms with Gasteiger partial charge in [-0.3, -0.25) is 9.59 Å². The molecule has 0 bridgehead atoms. The first-order valence-electron chi connectivity index (χ1n) is 10.9. The molecule has 3 aromatic carbocycles. The van der Waals surface area contributed by atoms with Gasteiger partial charge < -0.3 is 16.0 Å². The van der Waals surface area contributed by atoms with Gasteiger partial charge in [-0.05, 0) is 42.5 Å². The molecular weight excluding hydrogens is 452 g/mol. The zero-order valence-electron chi connectivity index (χ0n) is 19.1. The minimum absolute atomic E-state index is 0.108. The molecule has 0 fully saturated rings. The molecule has 9 heteroatoms. The van der Waals surface area contributed by atoms with Crippen LogP contribution in [-0.4, -0.2) is 44.2 Å². The fourth-order valence-corrected chi connectivity index (χ4v) is 4.89. The van der Waals surface area contributed by atoms with Crippen LogP contribution in [0.15, 0.2) is 83.8 Å². The summed E-state index contributed by atoms with van der Waals surface area (Å²) in [6, 6.07) is 22.1. The van der Waals surface area contributed by atoms with Gasteiger partial charge >= 0.3 is 0 Å². The number of hydrogen-bond acceptors (Lipinski definition) is 5. The van der Waals surface area contributed by atoms with Gasteiger partial charge in [-0.1, -0.05) is 50.2 Å². The van der Waals surface area contributed by atoms with E-state index >= 15 is 0 Å². The maximum Gasteiger partial charge on any atom is 0.257 e. The Morgan fingerprint density at radius 3 is 2.15 bits per heavy atom. The molecule has 0 saturated carbocycles. The summed E-state index contributed by atoms with van der Waals surface area (Å²) in [7, 11) is -3.63. The summed E-state index contributed by atoms with van der Waals surface area (Å²) < 4.78 is 26.8. The van der Waals surface area contributed by atoms with Crippen molar-refractivity contribution in [3.8, 4) is 0 Å². The molecule has 0 heterocycles. The van der Waals surface area contributed by atoms with Crippen molar-refractivity contribution < 1.29 is 18.0 Å². The van der Waals surface area contributed by atoms with Crippen LogP contribution >= 0.6 is 0 Å². The molecule has 0 aliphatic rings. The van der Waals surface area contributed by atoms with Crippen molar-refractivity contribution in [1.82, 2.24) is 4.31 Å². The molecule has 8 nitrogen and oxygen atoms in total. The van der Waals surface area contributed by atoms with Crippen LogP contribution < -0.4 is 16.0 Å². The SMILES string of the molecule is CCN(CC)S(=O)(=O)c1cccc(NC(=O)CNc2ccccc2C(=O)Nc2ccccc2)c1. The molecule has 3 N–H and O–H groups in total. The predicted octanol–water partition coefficient (Wildman–Crippen LogP) is 4.02. The fraction of sp³-hybridized carbons (Fsp3) is 0.200. The van der Waals surface area contributed by atoms with Crippen molar-refractivity contribution in [2.45, 2.75) is 18.7 Å². The molecule has 0 unspecified atom stereocenters. The third-order valence-electron chi connectivity index (χ3n) is 5.10. The minimum Gasteiger partial charge on any atom is -0.376 e. The Kier molecular flexibility index (Phi) is 8.39. The first-order valence-corrected chi connectivity index (χ1v) is 12.4. The van der Waals surface area contributed by atoms with Crippen LogP contribution in [0.2, 0.25) is 0 Å². The lowest BCUT2D eigenvalue weighted by Crippen LogP contribution is -2.30. The van der Waals surface area contributed by atoms with Gasteiger partial charge in [-0.25, -0.2) is 8.42 Å². The third kappa shape index (κ3) is 6.21. The normalized spacial score (nSPS) is 11.1. The highest BCUT2D eigenvalue weighted by Crippen LogP contribution is 2.20. The second-order valence-electron chi connectivity index (χ2n) is 7.38. The van der Waals surface area contributed by atoms with Crippen LogP contribution in [-0.2, 0) is 14.8 Å². The minimum atomic E-state index is -3.63. The van der Waals surface area contributed by atoms with E-state index in [0.717, 1.165) is 0 Å². The Labute approximate surface area is 200 Å². The topological polar surface area (TPSA) is 108 Å². The zero-order valence-corrected chi connectivity index (χ0v) is 19.9. The largest absolute Gasteiger partial charge is 0.376 e. The second-order valence-corrected chi connectivity index (χ2v) is 9.32. The molecule has 0 aliphatic heterocycles. The number of rotatable bonds is 10. The molecule has 0 spiro atoms. The van der Waals surface area contributed by atoms with Gasteiger partial charge in [0.05, 0.1) is 17.0 Å². The smallest absolute Gasteiger partial charge is 0.257 e. The van der Waals surface area contributed by atoms with Crippen molar-refractivity contribution in [3.63, 3.8) is 0 Å². The predicted molar refractivity (Wildman–Crippen MR) is 135 cm³/mol. The first kappa shape index (κ1) is 24.9. The number of sulfonamides is 1. The number of carbonyl (C=O) groups is 2. The maximum absolute atomic E-state index is 12.7. The average Bonchev–Trinajstić information content (AvgIpc) is 2.84. The molecule has 0 aromatic heterocycles. The van der Waals surface area contributed by atoms with Gasteiger partial charge in [0.25, 0.3) is 5.91 Å². The summed E-state index contributed by atoms with van der Waals surface area (Å²) in [6.07, 6.45) is 0. The Morgan fingerprint density at radius 2 is 1.44 bits per heavy atom. The Bertz CT molecular complexity index is 1240. The molecular formula is C25H28N4O4S. The molecule has 3 rings (SSSR count). The van der Waals surface area contributed by atoms with Crippen molar-refractivity contribution in [2.24, 2.45) is 0 Å². The summed E-state index contributed by atoms with van der Waals surface area (Å²) in [5, 5.41) is 8.51. The van der Waals surface area contributed by atoms with E-state index in [1.165, 1.54) is 16.4 Å². The highest BCUT2D eigenvalue weighted by atomic mass is 32.2. The lowest BCUT2D eigenvalue weighted by molar-refractivity contribution is -0.114. The fourth-order valence-electron chi connectivity index (χ4n) is 3.38. The summed E-state index contributed by atoms with van der Waals surface area (Å²) in [5.74, 6) is -0.681. The van der Waals surface area contributed by atoms with E-state index < -0.39 is 10.0 Å². The first-order chi connectivity index (χ1) is 16.3. The summed E-state index contributed by atoms with van der Waals surface area (Å²) in [4.78, 5) is 25.3.